The van der Waals surface area contributed by atoms with Crippen molar-refractivity contribution >= 4 is 0 Å². The molecule has 0 saturated carbocycles. The highest BCUT2D eigenvalue weighted by Gasteiger charge is 2.22. The fourth-order valence-corrected chi connectivity index (χ4v) is 4.06. The molecule has 0 aliphatic carbocycles. The molecule has 7 nitrogen and oxygen atoms in total. The molecule has 32 heavy (non-hydrogen) atoms. The Bertz CT molecular complexity index is 1090. The Kier molecular flexibility index (Phi) is 6.00. The van der Waals surface area contributed by atoms with Crippen molar-refractivity contribution in [2.24, 2.45) is 0 Å². The van der Waals surface area contributed by atoms with E-state index in [-0.39, 0.29) is 18.5 Å². The molecule has 1 fully saturated rings. The summed E-state index contributed by atoms with van der Waals surface area (Å²) >= 11 is 0. The van der Waals surface area contributed by atoms with Gasteiger partial charge in [-0.2, -0.15) is 4.39 Å². The third-order valence-corrected chi connectivity index (χ3v) is 5.69. The van der Waals surface area contributed by atoms with Gasteiger partial charge in [-0.3, -0.25) is 4.90 Å². The van der Waals surface area contributed by atoms with Crippen molar-refractivity contribution in [2.75, 3.05) is 19.8 Å². The van der Waals surface area contributed by atoms with Crippen LogP contribution in [0.1, 0.15) is 29.7 Å². The minimum absolute atomic E-state index is 0.0640. The second-order valence-corrected chi connectivity index (χ2v) is 8.03. The van der Waals surface area contributed by atoms with E-state index in [4.69, 9.17) is 9.47 Å². The van der Waals surface area contributed by atoms with Gasteiger partial charge in [-0.05, 0) is 36.6 Å². The maximum atomic E-state index is 14.2. The summed E-state index contributed by atoms with van der Waals surface area (Å²) in [5.41, 5.74) is 2.63. The maximum absolute atomic E-state index is 14.2. The number of halogens is 2. The molecular formula is C23H23F2N5O2. The topological polar surface area (TPSA) is 73.3 Å². The molecule has 1 atom stereocenters. The van der Waals surface area contributed by atoms with Crippen molar-refractivity contribution in [3.05, 3.63) is 65.2 Å². The first kappa shape index (κ1) is 20.8. The minimum atomic E-state index is -0.959. The lowest BCUT2D eigenvalue weighted by molar-refractivity contribution is 0.0662. The highest BCUT2D eigenvalue weighted by molar-refractivity contribution is 5.43. The Hall–Kier alpha value is -3.04. The van der Waals surface area contributed by atoms with Crippen LogP contribution in [0, 0.1) is 11.6 Å². The average molecular weight is 439 g/mol. The quantitative estimate of drug-likeness (QED) is 0.583. The zero-order valence-corrected chi connectivity index (χ0v) is 17.5. The van der Waals surface area contributed by atoms with Gasteiger partial charge in [0, 0.05) is 56.8 Å². The van der Waals surface area contributed by atoms with Gasteiger partial charge in [0.25, 0.3) is 0 Å². The first-order valence-corrected chi connectivity index (χ1v) is 10.7. The van der Waals surface area contributed by atoms with Crippen LogP contribution in [-0.4, -0.2) is 50.7 Å². The van der Waals surface area contributed by atoms with Crippen molar-refractivity contribution < 1.29 is 18.3 Å². The lowest BCUT2D eigenvalue weighted by Gasteiger charge is -2.28. The molecule has 3 aromatic rings. The summed E-state index contributed by atoms with van der Waals surface area (Å²) in [7, 11) is 0. The summed E-state index contributed by atoms with van der Waals surface area (Å²) < 4.78 is 39.5. The predicted octanol–water partition coefficient (Wildman–Crippen LogP) is 3.33. The van der Waals surface area contributed by atoms with Crippen LogP contribution >= 0.6 is 0 Å². The van der Waals surface area contributed by atoms with Crippen LogP contribution in [-0.2, 0) is 24.2 Å². The van der Waals surface area contributed by atoms with Crippen molar-refractivity contribution in [3.8, 4) is 17.4 Å². The van der Waals surface area contributed by atoms with Gasteiger partial charge in [0.1, 0.15) is 6.61 Å². The summed E-state index contributed by atoms with van der Waals surface area (Å²) in [4.78, 5) is 19.6. The molecular weight excluding hydrogens is 416 g/mol. The van der Waals surface area contributed by atoms with Crippen LogP contribution in [0.15, 0.2) is 36.8 Å². The number of rotatable bonds is 6. The third-order valence-electron chi connectivity index (χ3n) is 5.69. The fourth-order valence-electron chi connectivity index (χ4n) is 4.06. The van der Waals surface area contributed by atoms with Crippen molar-refractivity contribution in [1.29, 1.82) is 0 Å². The van der Waals surface area contributed by atoms with Crippen molar-refractivity contribution in [1.82, 2.24) is 24.8 Å². The lowest BCUT2D eigenvalue weighted by atomic mass is 10.1. The second-order valence-electron chi connectivity index (χ2n) is 8.03. The average Bonchev–Trinajstić information content (AvgIpc) is 3.34. The SMILES string of the molecule is Fc1cc(CN2CCc3nc(-c4ncccn4)ncc3C2)cc(OC[C@@H]2CCCO2)c1F. The molecule has 0 unspecified atom stereocenters. The molecule has 0 spiro atoms. The van der Waals surface area contributed by atoms with Crippen LogP contribution in [0.5, 0.6) is 5.75 Å². The van der Waals surface area contributed by atoms with Gasteiger partial charge in [-0.15, -0.1) is 0 Å². The summed E-state index contributed by atoms with van der Waals surface area (Å²) in [6, 6.07) is 4.56. The summed E-state index contributed by atoms with van der Waals surface area (Å²) in [5, 5.41) is 0. The number of nitrogens with zero attached hydrogens (tertiary/aromatic N) is 5. The second kappa shape index (κ2) is 9.22. The van der Waals surface area contributed by atoms with E-state index in [1.165, 1.54) is 6.07 Å². The van der Waals surface area contributed by atoms with Gasteiger partial charge in [0.15, 0.2) is 23.2 Å². The van der Waals surface area contributed by atoms with Crippen LogP contribution in [0.2, 0.25) is 0 Å². The smallest absolute Gasteiger partial charge is 0.200 e. The number of hydrogen-bond acceptors (Lipinski definition) is 7. The van der Waals surface area contributed by atoms with Gasteiger partial charge in [-0.1, -0.05) is 0 Å². The van der Waals surface area contributed by atoms with E-state index in [1.54, 1.807) is 30.7 Å². The maximum Gasteiger partial charge on any atom is 0.200 e. The van der Waals surface area contributed by atoms with E-state index in [0.717, 1.165) is 37.1 Å². The van der Waals surface area contributed by atoms with Crippen molar-refractivity contribution in [2.45, 2.75) is 38.5 Å². The Morgan fingerprint density at radius 1 is 1.12 bits per heavy atom. The number of hydrogen-bond donors (Lipinski definition) is 0. The Morgan fingerprint density at radius 3 is 2.81 bits per heavy atom. The monoisotopic (exact) mass is 439 g/mol. The normalized spacial score (nSPS) is 18.5. The first-order chi connectivity index (χ1) is 15.7. The van der Waals surface area contributed by atoms with Crippen LogP contribution in [0.3, 0.4) is 0 Å². The van der Waals surface area contributed by atoms with Crippen molar-refractivity contribution in [3.63, 3.8) is 0 Å². The molecule has 2 aromatic heterocycles. The molecule has 2 aliphatic rings. The van der Waals surface area contributed by atoms with E-state index in [0.29, 0.717) is 36.9 Å². The van der Waals surface area contributed by atoms with Crippen LogP contribution in [0.25, 0.3) is 11.6 Å². The Balaban J connectivity index is 1.27. The zero-order chi connectivity index (χ0) is 21.9. The van der Waals surface area contributed by atoms with Gasteiger partial charge in [0.2, 0.25) is 5.82 Å². The van der Waals surface area contributed by atoms with Gasteiger partial charge < -0.3 is 9.47 Å². The van der Waals surface area contributed by atoms with Gasteiger partial charge >= 0.3 is 0 Å². The standard InChI is InChI=1S/C23H23F2N5O2/c24-18-9-15(10-20(21(18)25)32-14-17-3-1-8-31-17)12-30-7-4-19-16(13-30)11-28-23(29-19)22-26-5-2-6-27-22/h2,5-6,9-11,17H,1,3-4,7-8,12-14H2/t17-/m0/s1. The molecule has 166 valence electrons. The summed E-state index contributed by atoms with van der Waals surface area (Å²) in [6.07, 6.45) is 7.61. The lowest BCUT2D eigenvalue weighted by Crippen LogP contribution is -2.31. The fraction of sp³-hybridized carbons (Fsp3) is 0.391. The number of ether oxygens (including phenoxy) is 2. The molecule has 0 N–H and O–H groups in total. The molecule has 4 heterocycles. The largest absolute Gasteiger partial charge is 0.488 e. The van der Waals surface area contributed by atoms with Crippen LogP contribution in [0.4, 0.5) is 8.78 Å². The molecule has 5 rings (SSSR count). The number of benzene rings is 1. The number of aromatic nitrogens is 4. The highest BCUT2D eigenvalue weighted by Crippen LogP contribution is 2.26. The molecule has 1 saturated heterocycles. The van der Waals surface area contributed by atoms with E-state index in [9.17, 15) is 8.78 Å². The first-order valence-electron chi connectivity index (χ1n) is 10.7. The molecule has 2 aliphatic heterocycles. The van der Waals surface area contributed by atoms with Gasteiger partial charge in [-0.25, -0.2) is 24.3 Å². The molecule has 9 heteroatoms. The Labute approximate surface area is 184 Å². The molecule has 0 amide bonds. The van der Waals surface area contributed by atoms with Gasteiger partial charge in [0.05, 0.1) is 11.8 Å². The van der Waals surface area contributed by atoms with E-state index >= 15 is 0 Å². The molecule has 0 radical (unpaired) electrons. The highest BCUT2D eigenvalue weighted by atomic mass is 19.2. The van der Waals surface area contributed by atoms with E-state index in [1.807, 2.05) is 0 Å². The molecule has 1 aromatic carbocycles. The third kappa shape index (κ3) is 4.58. The Morgan fingerprint density at radius 2 is 2.00 bits per heavy atom. The predicted molar refractivity (Wildman–Crippen MR) is 112 cm³/mol. The van der Waals surface area contributed by atoms with E-state index < -0.39 is 11.6 Å². The minimum Gasteiger partial charge on any atom is -0.488 e. The number of fused-ring (bicyclic) bond motifs is 1. The summed E-state index contributed by atoms with van der Waals surface area (Å²) in [6.45, 7) is 2.74. The van der Waals surface area contributed by atoms with E-state index in [2.05, 4.69) is 24.8 Å². The molecule has 0 bridgehead atoms. The van der Waals surface area contributed by atoms with Crippen LogP contribution < -0.4 is 4.74 Å². The summed E-state index contributed by atoms with van der Waals surface area (Å²) in [5.74, 6) is -0.928. The zero-order valence-electron chi connectivity index (χ0n) is 17.5.